The summed E-state index contributed by atoms with van der Waals surface area (Å²) >= 11 is 7.67. The predicted molar refractivity (Wildman–Crippen MR) is 162 cm³/mol. The van der Waals surface area contributed by atoms with E-state index >= 15 is 0 Å². The van der Waals surface area contributed by atoms with E-state index in [9.17, 15) is 0 Å². The molecule has 0 atom stereocenters. The Labute approximate surface area is 231 Å². The Balaban J connectivity index is 1.99. The standard InChI is InChI=1S/C30H44Br2O2Si/c1-5-7-9-11-13-15-17-35(18-16-14-12-10-8-6-2)29-21-25(31)27(33-3)19-23(29)24-20-28(34-4)26(32)22-30(24)35/h19-22H,5-18H2,1-4H3. The first-order valence-electron chi connectivity index (χ1n) is 13.8. The van der Waals surface area contributed by atoms with Crippen molar-refractivity contribution in [2.75, 3.05) is 14.2 Å². The van der Waals surface area contributed by atoms with Gasteiger partial charge in [0.25, 0.3) is 0 Å². The van der Waals surface area contributed by atoms with Gasteiger partial charge in [-0.3, -0.25) is 0 Å². The molecule has 0 unspecified atom stereocenters. The van der Waals surface area contributed by atoms with E-state index in [2.05, 4.69) is 70.0 Å². The van der Waals surface area contributed by atoms with Gasteiger partial charge < -0.3 is 9.47 Å². The van der Waals surface area contributed by atoms with Crippen LogP contribution in [0.1, 0.15) is 90.9 Å². The molecule has 194 valence electrons. The van der Waals surface area contributed by atoms with E-state index in [0.29, 0.717) is 0 Å². The second-order valence-corrected chi connectivity index (χ2v) is 16.1. The molecule has 0 aromatic heterocycles. The molecule has 1 aliphatic heterocycles. The number of unbranched alkanes of at least 4 members (excludes halogenated alkanes) is 10. The molecule has 0 saturated carbocycles. The lowest BCUT2D eigenvalue weighted by atomic mass is 10.1. The molecule has 0 fully saturated rings. The normalized spacial score (nSPS) is 13.5. The number of hydrogen-bond acceptors (Lipinski definition) is 2. The van der Waals surface area contributed by atoms with E-state index in [1.54, 1.807) is 24.6 Å². The number of halogens is 2. The zero-order chi connectivity index (χ0) is 25.3. The summed E-state index contributed by atoms with van der Waals surface area (Å²) < 4.78 is 13.6. The molecule has 3 rings (SSSR count). The van der Waals surface area contributed by atoms with E-state index < -0.39 is 8.07 Å². The van der Waals surface area contributed by atoms with Crippen LogP contribution in [0.3, 0.4) is 0 Å². The van der Waals surface area contributed by atoms with Crippen LogP contribution in [0.2, 0.25) is 12.1 Å². The van der Waals surface area contributed by atoms with Crippen molar-refractivity contribution in [1.29, 1.82) is 0 Å². The molecule has 1 heterocycles. The second kappa shape index (κ2) is 14.2. The van der Waals surface area contributed by atoms with Crippen LogP contribution in [0.4, 0.5) is 0 Å². The van der Waals surface area contributed by atoms with Gasteiger partial charge in [0.15, 0.2) is 0 Å². The first kappa shape index (κ1) is 28.8. The third-order valence-corrected chi connectivity index (χ3v) is 14.4. The molecular formula is C30H44Br2O2Si. The van der Waals surface area contributed by atoms with Gasteiger partial charge in [-0.05, 0) is 89.7 Å². The maximum absolute atomic E-state index is 5.73. The molecule has 0 saturated heterocycles. The highest BCUT2D eigenvalue weighted by Gasteiger charge is 2.45. The van der Waals surface area contributed by atoms with Gasteiger partial charge in [0.2, 0.25) is 0 Å². The van der Waals surface area contributed by atoms with Gasteiger partial charge in [-0.15, -0.1) is 0 Å². The van der Waals surface area contributed by atoms with Gasteiger partial charge in [0.05, 0.1) is 23.2 Å². The molecule has 2 aromatic carbocycles. The molecule has 1 aliphatic rings. The van der Waals surface area contributed by atoms with Crippen LogP contribution in [0, 0.1) is 0 Å². The Kier molecular flexibility index (Phi) is 11.7. The fourth-order valence-electron chi connectivity index (χ4n) is 5.88. The van der Waals surface area contributed by atoms with Crippen molar-refractivity contribution in [3.8, 4) is 22.6 Å². The van der Waals surface area contributed by atoms with Crippen LogP contribution in [-0.2, 0) is 0 Å². The summed E-state index contributed by atoms with van der Waals surface area (Å²) in [6, 6.07) is 12.0. The van der Waals surface area contributed by atoms with Crippen LogP contribution < -0.4 is 19.8 Å². The highest BCUT2D eigenvalue weighted by atomic mass is 79.9. The molecule has 35 heavy (non-hydrogen) atoms. The van der Waals surface area contributed by atoms with Crippen molar-refractivity contribution in [3.05, 3.63) is 33.2 Å². The molecule has 0 radical (unpaired) electrons. The number of fused-ring (bicyclic) bond motifs is 3. The summed E-state index contributed by atoms with van der Waals surface area (Å²) in [7, 11) is 1.62. The van der Waals surface area contributed by atoms with Crippen molar-refractivity contribution in [2.45, 2.75) is 103 Å². The zero-order valence-corrected chi connectivity index (χ0v) is 26.5. The number of ether oxygens (including phenoxy) is 2. The summed E-state index contributed by atoms with van der Waals surface area (Å²) in [5.41, 5.74) is 2.74. The summed E-state index contributed by atoms with van der Waals surface area (Å²) in [6.07, 6.45) is 16.2. The first-order valence-corrected chi connectivity index (χ1v) is 17.8. The van der Waals surface area contributed by atoms with E-state index in [4.69, 9.17) is 9.47 Å². The minimum absolute atomic E-state index is 0.917. The first-order chi connectivity index (χ1) is 17.0. The van der Waals surface area contributed by atoms with Crippen molar-refractivity contribution in [3.63, 3.8) is 0 Å². The zero-order valence-electron chi connectivity index (χ0n) is 22.3. The highest BCUT2D eigenvalue weighted by molar-refractivity contribution is 9.11. The summed E-state index contributed by atoms with van der Waals surface area (Å²) in [5, 5.41) is 3.20. The third-order valence-electron chi connectivity index (χ3n) is 7.82. The molecule has 0 N–H and O–H groups in total. The van der Waals surface area contributed by atoms with E-state index in [-0.39, 0.29) is 0 Å². The molecule has 0 spiro atoms. The van der Waals surface area contributed by atoms with E-state index in [1.807, 2.05) is 0 Å². The lowest BCUT2D eigenvalue weighted by Crippen LogP contribution is -2.55. The molecule has 0 amide bonds. The lowest BCUT2D eigenvalue weighted by Gasteiger charge is -2.31. The van der Waals surface area contributed by atoms with Crippen molar-refractivity contribution in [2.24, 2.45) is 0 Å². The van der Waals surface area contributed by atoms with Crippen molar-refractivity contribution in [1.82, 2.24) is 0 Å². The number of methoxy groups -OCH3 is 2. The highest BCUT2D eigenvalue weighted by Crippen LogP contribution is 2.42. The molecule has 2 aromatic rings. The third kappa shape index (κ3) is 6.76. The van der Waals surface area contributed by atoms with Gasteiger partial charge in [-0.2, -0.15) is 0 Å². The minimum Gasteiger partial charge on any atom is -0.496 e. The predicted octanol–water partition coefficient (Wildman–Crippen LogP) is 9.49. The second-order valence-electron chi connectivity index (χ2n) is 10.2. The molecule has 2 nitrogen and oxygen atoms in total. The topological polar surface area (TPSA) is 18.5 Å². The lowest BCUT2D eigenvalue weighted by molar-refractivity contribution is 0.412. The quantitative estimate of drug-likeness (QED) is 0.137. The Morgan fingerprint density at radius 3 is 1.31 bits per heavy atom. The summed E-state index contributed by atoms with van der Waals surface area (Å²) in [4.78, 5) is 0. The minimum atomic E-state index is -1.92. The summed E-state index contributed by atoms with van der Waals surface area (Å²) in [6.45, 7) is 4.60. The SMILES string of the molecule is CCCCCCCC[Si]1(CCCCCCCC)c2cc(Br)c(OC)cc2-c2cc(OC)c(Br)cc21. The van der Waals surface area contributed by atoms with Crippen LogP contribution in [0.25, 0.3) is 11.1 Å². The Bertz CT molecular complexity index is 882. The van der Waals surface area contributed by atoms with E-state index in [1.165, 1.54) is 100 Å². The Morgan fingerprint density at radius 1 is 0.571 bits per heavy atom. The average molecular weight is 625 g/mol. The van der Waals surface area contributed by atoms with Crippen LogP contribution in [-0.4, -0.2) is 22.3 Å². The maximum atomic E-state index is 5.73. The number of hydrogen-bond donors (Lipinski definition) is 0. The van der Waals surface area contributed by atoms with Gasteiger partial charge in [0, 0.05) is 0 Å². The fourth-order valence-corrected chi connectivity index (χ4v) is 12.9. The molecule has 5 heteroatoms. The molecular weight excluding hydrogens is 580 g/mol. The molecule has 0 bridgehead atoms. The van der Waals surface area contributed by atoms with Gasteiger partial charge in [-0.1, -0.05) is 90.9 Å². The van der Waals surface area contributed by atoms with Gasteiger partial charge >= 0.3 is 0 Å². The van der Waals surface area contributed by atoms with Crippen LogP contribution in [0.5, 0.6) is 11.5 Å². The fraction of sp³-hybridized carbons (Fsp3) is 0.600. The van der Waals surface area contributed by atoms with Crippen molar-refractivity contribution < 1.29 is 9.47 Å². The average Bonchev–Trinajstić information content (AvgIpc) is 3.10. The maximum Gasteiger partial charge on any atom is 0.133 e. The number of rotatable bonds is 16. The van der Waals surface area contributed by atoms with Crippen molar-refractivity contribution >= 4 is 50.3 Å². The van der Waals surface area contributed by atoms with Gasteiger partial charge in [-0.25, -0.2) is 0 Å². The van der Waals surface area contributed by atoms with E-state index in [0.717, 1.165) is 20.4 Å². The number of benzene rings is 2. The van der Waals surface area contributed by atoms with Crippen LogP contribution in [0.15, 0.2) is 33.2 Å². The summed E-state index contributed by atoms with van der Waals surface area (Å²) in [5.74, 6) is 1.83. The Morgan fingerprint density at radius 2 is 0.943 bits per heavy atom. The smallest absolute Gasteiger partial charge is 0.133 e. The monoisotopic (exact) mass is 622 g/mol. The Hall–Kier alpha value is -0.783. The van der Waals surface area contributed by atoms with Crippen LogP contribution >= 0.6 is 31.9 Å². The van der Waals surface area contributed by atoms with Gasteiger partial charge in [0.1, 0.15) is 19.6 Å². The molecule has 0 aliphatic carbocycles. The largest absolute Gasteiger partial charge is 0.496 e.